The van der Waals surface area contributed by atoms with Crippen LogP contribution in [0.4, 0.5) is 11.4 Å². The maximum Gasteiger partial charge on any atom is 0.335 e. The molecule has 0 aliphatic carbocycles. The van der Waals surface area contributed by atoms with Gasteiger partial charge in [0.25, 0.3) is 0 Å². The molecule has 3 N–H and O–H groups in total. The van der Waals surface area contributed by atoms with Gasteiger partial charge >= 0.3 is 5.97 Å². The molecule has 3 heterocycles. The third kappa shape index (κ3) is 5.64. The standard InChI is InChI=1S/C31H30N4O5S/c1-31(2,3)29(38)33-21-13-12-20(17-25(21)39-4)35-27(26(34-30(35)41)22-7-5-6-16-32-22)24-15-14-23(40-24)18-8-10-19(11-9-18)28(36)37/h5-17,26-27H,1-4H3,(H,33,38)(H,34,41)(H,36,37)/t26-,27-/m1/s1. The van der Waals surface area contributed by atoms with E-state index in [2.05, 4.69) is 15.6 Å². The molecule has 2 aromatic heterocycles. The lowest BCUT2D eigenvalue weighted by molar-refractivity contribution is -0.123. The first-order chi connectivity index (χ1) is 19.6. The lowest BCUT2D eigenvalue weighted by Crippen LogP contribution is -2.30. The van der Waals surface area contributed by atoms with Gasteiger partial charge < -0.3 is 29.8 Å². The maximum atomic E-state index is 12.6. The topological polar surface area (TPSA) is 117 Å². The third-order valence-electron chi connectivity index (χ3n) is 6.83. The summed E-state index contributed by atoms with van der Waals surface area (Å²) >= 11 is 5.83. The van der Waals surface area contributed by atoms with Crippen molar-refractivity contribution in [1.29, 1.82) is 0 Å². The maximum absolute atomic E-state index is 12.6. The van der Waals surface area contributed by atoms with Crippen molar-refractivity contribution in [2.75, 3.05) is 17.3 Å². The first kappa shape index (κ1) is 27.9. The first-order valence-electron chi connectivity index (χ1n) is 13.0. The van der Waals surface area contributed by atoms with Crippen LogP contribution in [0.2, 0.25) is 0 Å². The van der Waals surface area contributed by atoms with E-state index in [1.54, 1.807) is 43.6 Å². The van der Waals surface area contributed by atoms with Gasteiger partial charge in [0, 0.05) is 28.9 Å². The largest absolute Gasteiger partial charge is 0.494 e. The van der Waals surface area contributed by atoms with Gasteiger partial charge in [-0.1, -0.05) is 39.0 Å². The Morgan fingerprint density at radius 1 is 1.07 bits per heavy atom. The number of hydrogen-bond donors (Lipinski definition) is 3. The summed E-state index contributed by atoms with van der Waals surface area (Å²) in [6.07, 6.45) is 1.73. The van der Waals surface area contributed by atoms with Gasteiger partial charge in [-0.15, -0.1) is 0 Å². The number of amides is 1. The molecular formula is C31H30N4O5S. The van der Waals surface area contributed by atoms with Crippen molar-refractivity contribution in [3.05, 3.63) is 96.0 Å². The van der Waals surface area contributed by atoms with E-state index in [0.717, 1.165) is 16.9 Å². The lowest BCUT2D eigenvalue weighted by Gasteiger charge is -2.27. The quantitative estimate of drug-likeness (QED) is 0.223. The fourth-order valence-electron chi connectivity index (χ4n) is 4.61. The molecule has 0 spiro atoms. The van der Waals surface area contributed by atoms with Crippen molar-refractivity contribution in [2.45, 2.75) is 32.9 Å². The predicted molar refractivity (Wildman–Crippen MR) is 160 cm³/mol. The number of rotatable bonds is 7. The van der Waals surface area contributed by atoms with Gasteiger partial charge in [0.1, 0.15) is 23.3 Å². The Bertz CT molecular complexity index is 1590. The number of carbonyl (C=O) groups is 2. The number of nitrogens with zero attached hydrogens (tertiary/aromatic N) is 2. The second kappa shape index (κ2) is 11.1. The normalized spacial score (nSPS) is 16.8. The van der Waals surface area contributed by atoms with Crippen LogP contribution in [0.1, 0.15) is 54.7 Å². The number of furan rings is 1. The van der Waals surface area contributed by atoms with Crippen LogP contribution < -0.4 is 20.3 Å². The Labute approximate surface area is 243 Å². The molecule has 2 atom stereocenters. The van der Waals surface area contributed by atoms with Crippen molar-refractivity contribution in [3.63, 3.8) is 0 Å². The summed E-state index contributed by atoms with van der Waals surface area (Å²) in [4.78, 5) is 30.4. The summed E-state index contributed by atoms with van der Waals surface area (Å²) in [6.45, 7) is 5.54. The molecule has 1 amide bonds. The molecule has 1 saturated heterocycles. The fraction of sp³-hybridized carbons (Fsp3) is 0.226. The van der Waals surface area contributed by atoms with Gasteiger partial charge in [-0.3, -0.25) is 9.78 Å². The molecule has 0 saturated carbocycles. The number of methoxy groups -OCH3 is 1. The van der Waals surface area contributed by atoms with Crippen LogP contribution in [-0.4, -0.2) is 34.2 Å². The number of ether oxygens (including phenoxy) is 1. The van der Waals surface area contributed by atoms with Crippen molar-refractivity contribution < 1.29 is 23.8 Å². The minimum Gasteiger partial charge on any atom is -0.494 e. The molecule has 1 aliphatic rings. The zero-order valence-electron chi connectivity index (χ0n) is 23.0. The van der Waals surface area contributed by atoms with Gasteiger partial charge in [-0.05, 0) is 60.7 Å². The zero-order chi connectivity index (χ0) is 29.3. The Kier molecular flexibility index (Phi) is 7.51. The van der Waals surface area contributed by atoms with Crippen LogP contribution in [0.25, 0.3) is 11.3 Å². The van der Waals surface area contributed by atoms with E-state index in [1.807, 2.05) is 68.1 Å². The zero-order valence-corrected chi connectivity index (χ0v) is 23.9. The number of anilines is 2. The number of carbonyl (C=O) groups excluding carboxylic acids is 1. The van der Waals surface area contributed by atoms with E-state index < -0.39 is 17.4 Å². The summed E-state index contributed by atoms with van der Waals surface area (Å²) in [5.41, 5.74) is 2.44. The molecule has 5 rings (SSSR count). The van der Waals surface area contributed by atoms with Gasteiger partial charge in [-0.2, -0.15) is 0 Å². The highest BCUT2D eigenvalue weighted by atomic mass is 32.1. The van der Waals surface area contributed by atoms with Crippen molar-refractivity contribution in [1.82, 2.24) is 10.3 Å². The number of thiocarbonyl (C=S) groups is 1. The van der Waals surface area contributed by atoms with Crippen LogP contribution in [0, 0.1) is 5.41 Å². The number of aromatic nitrogens is 1. The Morgan fingerprint density at radius 2 is 1.83 bits per heavy atom. The van der Waals surface area contributed by atoms with Crippen LogP contribution in [0.3, 0.4) is 0 Å². The summed E-state index contributed by atoms with van der Waals surface area (Å²) < 4.78 is 12.0. The minimum absolute atomic E-state index is 0.130. The van der Waals surface area contributed by atoms with Gasteiger partial charge in [0.15, 0.2) is 5.11 Å². The number of carboxylic acids is 1. The Balaban J connectivity index is 1.54. The molecule has 0 radical (unpaired) electrons. The van der Waals surface area contributed by atoms with E-state index in [0.29, 0.717) is 28.1 Å². The SMILES string of the molecule is COc1cc(N2C(=S)N[C@H](c3ccccn3)[C@H]2c2ccc(-c3ccc(C(=O)O)cc3)o2)ccc1NC(=O)C(C)(C)C. The second-order valence-corrected chi connectivity index (χ2v) is 11.1. The highest BCUT2D eigenvalue weighted by Gasteiger charge is 2.43. The minimum atomic E-state index is -0.990. The molecule has 10 heteroatoms. The number of carboxylic acid groups (broad SMARTS) is 1. The van der Waals surface area contributed by atoms with Gasteiger partial charge in [0.05, 0.1) is 30.1 Å². The summed E-state index contributed by atoms with van der Waals surface area (Å²) in [5, 5.41) is 16.1. The van der Waals surface area contributed by atoms with Crippen LogP contribution in [0.5, 0.6) is 5.75 Å². The van der Waals surface area contributed by atoms with Gasteiger partial charge in [0.2, 0.25) is 5.91 Å². The van der Waals surface area contributed by atoms with Crippen LogP contribution in [-0.2, 0) is 4.79 Å². The predicted octanol–water partition coefficient (Wildman–Crippen LogP) is 6.21. The molecule has 1 aliphatic heterocycles. The molecule has 4 aromatic rings. The highest BCUT2D eigenvalue weighted by Crippen LogP contribution is 2.44. The molecule has 9 nitrogen and oxygen atoms in total. The van der Waals surface area contributed by atoms with Crippen molar-refractivity contribution in [2.24, 2.45) is 5.41 Å². The average molecular weight is 571 g/mol. The molecule has 41 heavy (non-hydrogen) atoms. The molecule has 1 fully saturated rings. The second-order valence-electron chi connectivity index (χ2n) is 10.7. The number of pyridine rings is 1. The third-order valence-corrected chi connectivity index (χ3v) is 7.14. The van der Waals surface area contributed by atoms with E-state index in [-0.39, 0.29) is 17.5 Å². The van der Waals surface area contributed by atoms with E-state index in [1.165, 1.54) is 0 Å². The van der Waals surface area contributed by atoms with Crippen LogP contribution in [0.15, 0.2) is 83.4 Å². The molecule has 0 bridgehead atoms. The number of nitrogens with one attached hydrogen (secondary N) is 2. The molecule has 0 unspecified atom stereocenters. The Morgan fingerprint density at radius 3 is 2.46 bits per heavy atom. The van der Waals surface area contributed by atoms with Gasteiger partial charge in [-0.25, -0.2) is 4.79 Å². The molecular weight excluding hydrogens is 540 g/mol. The average Bonchev–Trinajstić information content (AvgIpc) is 3.58. The van der Waals surface area contributed by atoms with Crippen molar-refractivity contribution >= 4 is 40.6 Å². The Hall–Kier alpha value is -4.70. The van der Waals surface area contributed by atoms with E-state index >= 15 is 0 Å². The number of hydrogen-bond acceptors (Lipinski definition) is 6. The first-order valence-corrected chi connectivity index (χ1v) is 13.4. The monoisotopic (exact) mass is 570 g/mol. The van der Waals surface area contributed by atoms with E-state index in [4.69, 9.17) is 21.4 Å². The van der Waals surface area contributed by atoms with Crippen molar-refractivity contribution in [3.8, 4) is 17.1 Å². The summed E-state index contributed by atoms with van der Waals surface area (Å²) in [5.74, 6) is 0.591. The lowest BCUT2D eigenvalue weighted by atomic mass is 9.95. The number of aromatic carboxylic acids is 1. The fourth-order valence-corrected chi connectivity index (χ4v) is 4.95. The van der Waals surface area contributed by atoms with E-state index in [9.17, 15) is 14.7 Å². The molecule has 210 valence electrons. The molecule has 2 aromatic carbocycles. The summed E-state index contributed by atoms with van der Waals surface area (Å²) in [7, 11) is 1.55. The number of benzene rings is 2. The summed E-state index contributed by atoms with van der Waals surface area (Å²) in [6, 6.07) is 20.7. The van der Waals surface area contributed by atoms with Crippen LogP contribution >= 0.6 is 12.2 Å². The highest BCUT2D eigenvalue weighted by molar-refractivity contribution is 7.80. The smallest absolute Gasteiger partial charge is 0.335 e.